The highest BCUT2D eigenvalue weighted by Crippen LogP contribution is 2.20. The van der Waals surface area contributed by atoms with E-state index < -0.39 is 5.54 Å². The Balaban J connectivity index is 2.47. The Morgan fingerprint density at radius 2 is 2.06 bits per heavy atom. The lowest BCUT2D eigenvalue weighted by molar-refractivity contribution is 0.0373. The first-order chi connectivity index (χ1) is 7.83. The molecule has 1 atom stereocenters. The van der Waals surface area contributed by atoms with E-state index in [1.165, 1.54) is 0 Å². The minimum absolute atomic E-state index is 0.237. The van der Waals surface area contributed by atoms with Crippen molar-refractivity contribution in [2.75, 3.05) is 40.3 Å². The quantitative estimate of drug-likeness (QED) is 0.790. The Kier molecular flexibility index (Phi) is 4.54. The van der Waals surface area contributed by atoms with Crippen LogP contribution in [0.4, 0.5) is 0 Å². The number of likely N-dealkylation sites (N-methyl/N-ethyl adjacent to an activating group) is 1. The highest BCUT2D eigenvalue weighted by molar-refractivity contribution is 5.03. The van der Waals surface area contributed by atoms with E-state index in [0.717, 1.165) is 32.6 Å². The van der Waals surface area contributed by atoms with Crippen LogP contribution in [0.15, 0.2) is 0 Å². The number of piperazine rings is 1. The molecule has 0 aromatic rings. The number of nitrogens with zero attached hydrogens (tertiary/aromatic N) is 3. The number of nitriles is 1. The summed E-state index contributed by atoms with van der Waals surface area (Å²) in [4.78, 5) is 4.87. The highest BCUT2D eigenvalue weighted by atomic mass is 15.3. The zero-order valence-electron chi connectivity index (χ0n) is 11.9. The first kappa shape index (κ1) is 14.4. The second-order valence-electron chi connectivity index (χ2n) is 5.95. The van der Waals surface area contributed by atoms with Gasteiger partial charge < -0.3 is 10.2 Å². The lowest BCUT2D eigenvalue weighted by Gasteiger charge is -2.45. The average Bonchev–Trinajstić information content (AvgIpc) is 2.30. The second-order valence-corrected chi connectivity index (χ2v) is 5.95. The topological polar surface area (TPSA) is 42.3 Å². The molecule has 0 aromatic heterocycles. The van der Waals surface area contributed by atoms with Gasteiger partial charge in [0.2, 0.25) is 0 Å². The Labute approximate surface area is 106 Å². The van der Waals surface area contributed by atoms with Crippen LogP contribution in [0.25, 0.3) is 0 Å². The predicted octanol–water partition coefficient (Wildman–Crippen LogP) is 0.904. The average molecular weight is 238 g/mol. The van der Waals surface area contributed by atoms with Crippen LogP contribution in [0.5, 0.6) is 0 Å². The first-order valence-corrected chi connectivity index (χ1v) is 6.37. The monoisotopic (exact) mass is 238 g/mol. The van der Waals surface area contributed by atoms with Gasteiger partial charge in [-0.25, -0.2) is 0 Å². The van der Waals surface area contributed by atoms with Crippen LogP contribution in [-0.4, -0.2) is 61.2 Å². The molecule has 1 heterocycles. The molecule has 1 saturated heterocycles. The van der Waals surface area contributed by atoms with E-state index in [1.54, 1.807) is 0 Å². The van der Waals surface area contributed by atoms with E-state index in [9.17, 15) is 0 Å². The predicted molar refractivity (Wildman–Crippen MR) is 70.8 cm³/mol. The molecule has 1 aliphatic heterocycles. The normalized spacial score (nSPS) is 25.2. The van der Waals surface area contributed by atoms with Crippen LogP contribution in [0.2, 0.25) is 0 Å². The zero-order valence-corrected chi connectivity index (χ0v) is 11.9. The molecule has 0 spiro atoms. The van der Waals surface area contributed by atoms with Gasteiger partial charge in [-0.05, 0) is 41.3 Å². The smallest absolute Gasteiger partial charge is 0.104 e. The van der Waals surface area contributed by atoms with Gasteiger partial charge in [0.15, 0.2) is 0 Å². The molecule has 1 rings (SSSR count). The van der Waals surface area contributed by atoms with Crippen LogP contribution in [0, 0.1) is 11.3 Å². The molecule has 1 unspecified atom stereocenters. The van der Waals surface area contributed by atoms with Crippen LogP contribution in [-0.2, 0) is 0 Å². The van der Waals surface area contributed by atoms with Gasteiger partial charge in [0, 0.05) is 31.7 Å². The van der Waals surface area contributed by atoms with Crippen molar-refractivity contribution in [1.29, 1.82) is 5.26 Å². The molecule has 1 N–H and O–H groups in total. The SMILES string of the molecule is CNC(C)(C#N)CCN1CCN(C)C(C)(C)C1. The minimum atomic E-state index is -0.395. The van der Waals surface area contributed by atoms with Crippen molar-refractivity contribution in [3.05, 3.63) is 0 Å². The fourth-order valence-corrected chi connectivity index (χ4v) is 2.15. The van der Waals surface area contributed by atoms with Gasteiger partial charge in [-0.1, -0.05) is 0 Å². The third kappa shape index (κ3) is 3.67. The lowest BCUT2D eigenvalue weighted by atomic mass is 9.96. The molecule has 17 heavy (non-hydrogen) atoms. The molecule has 0 aromatic carbocycles. The molecule has 0 radical (unpaired) electrons. The lowest BCUT2D eigenvalue weighted by Crippen LogP contribution is -2.58. The number of nitrogens with one attached hydrogen (secondary N) is 1. The number of rotatable bonds is 4. The summed E-state index contributed by atoms with van der Waals surface area (Å²) in [7, 11) is 4.04. The summed E-state index contributed by atoms with van der Waals surface area (Å²) in [6.07, 6.45) is 0.875. The van der Waals surface area contributed by atoms with Crippen molar-refractivity contribution < 1.29 is 0 Å². The van der Waals surface area contributed by atoms with E-state index >= 15 is 0 Å². The molecular weight excluding hydrogens is 212 g/mol. The first-order valence-electron chi connectivity index (χ1n) is 6.37. The molecule has 1 fully saturated rings. The Bertz CT molecular complexity index is 294. The van der Waals surface area contributed by atoms with Crippen LogP contribution < -0.4 is 5.32 Å². The van der Waals surface area contributed by atoms with E-state index in [1.807, 2.05) is 14.0 Å². The molecule has 0 bridgehead atoms. The molecule has 1 aliphatic rings. The summed E-state index contributed by atoms with van der Waals surface area (Å²) < 4.78 is 0. The van der Waals surface area contributed by atoms with E-state index in [4.69, 9.17) is 5.26 Å². The van der Waals surface area contributed by atoms with Crippen molar-refractivity contribution in [3.8, 4) is 6.07 Å². The van der Waals surface area contributed by atoms with Crippen molar-refractivity contribution in [2.45, 2.75) is 38.3 Å². The Morgan fingerprint density at radius 1 is 1.41 bits per heavy atom. The van der Waals surface area contributed by atoms with Crippen LogP contribution in [0.3, 0.4) is 0 Å². The maximum absolute atomic E-state index is 9.12. The maximum atomic E-state index is 9.12. The van der Waals surface area contributed by atoms with Crippen LogP contribution >= 0.6 is 0 Å². The minimum Gasteiger partial charge on any atom is -0.303 e. The molecule has 4 nitrogen and oxygen atoms in total. The van der Waals surface area contributed by atoms with Gasteiger partial charge in [-0.15, -0.1) is 0 Å². The van der Waals surface area contributed by atoms with Gasteiger partial charge in [0.05, 0.1) is 6.07 Å². The molecule has 0 amide bonds. The Morgan fingerprint density at radius 3 is 2.53 bits per heavy atom. The third-order valence-corrected chi connectivity index (χ3v) is 4.12. The van der Waals surface area contributed by atoms with Crippen molar-refractivity contribution in [1.82, 2.24) is 15.1 Å². The van der Waals surface area contributed by atoms with Crippen molar-refractivity contribution >= 4 is 0 Å². The summed E-state index contributed by atoms with van der Waals surface area (Å²) >= 11 is 0. The van der Waals surface area contributed by atoms with E-state index in [2.05, 4.69) is 42.1 Å². The standard InChI is InChI=1S/C13H26N4/c1-12(2)11-17(9-8-16(12)5)7-6-13(3,10-14)15-4/h15H,6-9,11H2,1-5H3. The van der Waals surface area contributed by atoms with E-state index in [-0.39, 0.29) is 5.54 Å². The fraction of sp³-hybridized carbons (Fsp3) is 0.923. The summed E-state index contributed by atoms with van der Waals surface area (Å²) in [6.45, 7) is 10.8. The molecule has 4 heteroatoms. The maximum Gasteiger partial charge on any atom is 0.104 e. The van der Waals surface area contributed by atoms with Crippen molar-refractivity contribution in [2.24, 2.45) is 0 Å². The molecule has 0 aliphatic carbocycles. The van der Waals surface area contributed by atoms with Gasteiger partial charge in [0.1, 0.15) is 5.54 Å². The van der Waals surface area contributed by atoms with Gasteiger partial charge in [-0.2, -0.15) is 5.26 Å². The summed E-state index contributed by atoms with van der Waals surface area (Å²) in [5.41, 5.74) is -0.158. The van der Waals surface area contributed by atoms with Crippen molar-refractivity contribution in [3.63, 3.8) is 0 Å². The van der Waals surface area contributed by atoms with Gasteiger partial charge in [0.25, 0.3) is 0 Å². The van der Waals surface area contributed by atoms with Gasteiger partial charge in [-0.3, -0.25) is 4.90 Å². The molecule has 98 valence electrons. The third-order valence-electron chi connectivity index (χ3n) is 4.12. The zero-order chi connectivity index (χ0) is 13.1. The molecule has 0 saturated carbocycles. The van der Waals surface area contributed by atoms with E-state index in [0.29, 0.717) is 0 Å². The van der Waals surface area contributed by atoms with Crippen LogP contribution in [0.1, 0.15) is 27.2 Å². The largest absolute Gasteiger partial charge is 0.303 e. The summed E-state index contributed by atoms with van der Waals surface area (Å²) in [5, 5.41) is 12.2. The highest BCUT2D eigenvalue weighted by Gasteiger charge is 2.32. The molecular formula is C13H26N4. The summed E-state index contributed by atoms with van der Waals surface area (Å²) in [6, 6.07) is 2.35. The Hall–Kier alpha value is -0.630. The summed E-state index contributed by atoms with van der Waals surface area (Å²) in [5.74, 6) is 0. The number of hydrogen-bond acceptors (Lipinski definition) is 4. The van der Waals surface area contributed by atoms with Gasteiger partial charge >= 0.3 is 0 Å². The number of hydrogen-bond donors (Lipinski definition) is 1. The fourth-order valence-electron chi connectivity index (χ4n) is 2.15. The second kappa shape index (κ2) is 5.34.